The van der Waals surface area contributed by atoms with Crippen LogP contribution in [0.2, 0.25) is 5.02 Å². The molecule has 2 aromatic carbocycles. The summed E-state index contributed by atoms with van der Waals surface area (Å²) in [6, 6.07) is 22.0. The maximum Gasteiger partial charge on any atom is 0.0851 e. The highest BCUT2D eigenvalue weighted by Crippen LogP contribution is 2.45. The van der Waals surface area contributed by atoms with E-state index < -0.39 is 5.41 Å². The van der Waals surface area contributed by atoms with Crippen LogP contribution in [0.3, 0.4) is 0 Å². The first-order valence-electron chi connectivity index (χ1n) is 11.5. The van der Waals surface area contributed by atoms with Gasteiger partial charge in [0.2, 0.25) is 0 Å². The highest BCUT2D eigenvalue weighted by atomic mass is 35.5. The first kappa shape index (κ1) is 22.9. The van der Waals surface area contributed by atoms with E-state index in [4.69, 9.17) is 11.6 Å². The van der Waals surface area contributed by atoms with Gasteiger partial charge in [-0.2, -0.15) is 5.26 Å². The standard InChI is InChI=1S/C27H35ClN2/c1-3-30(20-18-23-9-5-4-6-10-23)22(2)17-19-27(21-29,24-11-7-8-12-24)25-13-15-26(28)16-14-25/h4-6,9-10,13-16,22,24H,3,7-8,11-12,17-20H2,1-2H3. The minimum atomic E-state index is -0.395. The number of halogens is 1. The molecular formula is C27H35ClN2. The molecule has 2 aromatic rings. The summed E-state index contributed by atoms with van der Waals surface area (Å²) in [6.45, 7) is 6.67. The quantitative estimate of drug-likeness (QED) is 0.411. The summed E-state index contributed by atoms with van der Waals surface area (Å²) in [6.07, 6.45) is 7.84. The molecule has 0 aromatic heterocycles. The van der Waals surface area contributed by atoms with Crippen LogP contribution in [0, 0.1) is 17.2 Å². The molecule has 2 atom stereocenters. The van der Waals surface area contributed by atoms with E-state index in [0.29, 0.717) is 12.0 Å². The first-order chi connectivity index (χ1) is 14.6. The number of likely N-dealkylation sites (N-methyl/N-ethyl adjacent to an activating group) is 1. The van der Waals surface area contributed by atoms with Crippen molar-refractivity contribution in [2.75, 3.05) is 13.1 Å². The molecule has 0 radical (unpaired) electrons. The molecule has 3 rings (SSSR count). The van der Waals surface area contributed by atoms with E-state index >= 15 is 0 Å². The van der Waals surface area contributed by atoms with Gasteiger partial charge in [-0.05, 0) is 74.8 Å². The van der Waals surface area contributed by atoms with E-state index in [9.17, 15) is 5.26 Å². The van der Waals surface area contributed by atoms with Gasteiger partial charge >= 0.3 is 0 Å². The van der Waals surface area contributed by atoms with Gasteiger partial charge in [-0.15, -0.1) is 0 Å². The fourth-order valence-corrected chi connectivity index (χ4v) is 5.31. The predicted molar refractivity (Wildman–Crippen MR) is 127 cm³/mol. The Morgan fingerprint density at radius 3 is 2.37 bits per heavy atom. The maximum atomic E-state index is 10.4. The van der Waals surface area contributed by atoms with Crippen molar-refractivity contribution in [3.63, 3.8) is 0 Å². The van der Waals surface area contributed by atoms with Crippen LogP contribution < -0.4 is 0 Å². The third kappa shape index (κ3) is 5.45. The van der Waals surface area contributed by atoms with Crippen LogP contribution in [-0.4, -0.2) is 24.0 Å². The summed E-state index contributed by atoms with van der Waals surface area (Å²) in [5.41, 5.74) is 2.15. The number of hydrogen-bond acceptors (Lipinski definition) is 2. The summed E-state index contributed by atoms with van der Waals surface area (Å²) in [7, 11) is 0. The number of nitrogens with zero attached hydrogens (tertiary/aromatic N) is 2. The van der Waals surface area contributed by atoms with Gasteiger partial charge in [0.05, 0.1) is 11.5 Å². The van der Waals surface area contributed by atoms with Crippen LogP contribution in [-0.2, 0) is 11.8 Å². The molecule has 0 amide bonds. The molecule has 2 nitrogen and oxygen atoms in total. The largest absolute Gasteiger partial charge is 0.301 e. The second kappa shape index (κ2) is 11.0. The third-order valence-corrected chi connectivity index (χ3v) is 7.38. The van der Waals surface area contributed by atoms with Gasteiger partial charge in [0.1, 0.15) is 0 Å². The SMILES string of the molecule is CCN(CCc1ccccc1)C(C)CCC(C#N)(c1ccc(Cl)cc1)C1CCCC1. The van der Waals surface area contributed by atoms with Crippen LogP contribution >= 0.6 is 11.6 Å². The van der Waals surface area contributed by atoms with Crippen LogP contribution in [0.25, 0.3) is 0 Å². The Morgan fingerprint density at radius 2 is 1.77 bits per heavy atom. The highest BCUT2D eigenvalue weighted by molar-refractivity contribution is 6.30. The molecule has 1 aliphatic rings. The second-order valence-corrected chi connectivity index (χ2v) is 9.26. The molecule has 1 aliphatic carbocycles. The van der Waals surface area contributed by atoms with Gasteiger partial charge < -0.3 is 4.90 Å². The van der Waals surface area contributed by atoms with Crippen LogP contribution in [0.4, 0.5) is 0 Å². The lowest BCUT2D eigenvalue weighted by molar-refractivity contribution is 0.192. The van der Waals surface area contributed by atoms with Crippen molar-refractivity contribution in [3.05, 3.63) is 70.7 Å². The Labute approximate surface area is 187 Å². The zero-order chi connectivity index (χ0) is 21.4. The Hall–Kier alpha value is -1.82. The Bertz CT molecular complexity index is 805. The topological polar surface area (TPSA) is 27.0 Å². The van der Waals surface area contributed by atoms with Crippen LogP contribution in [0.5, 0.6) is 0 Å². The van der Waals surface area contributed by atoms with Crippen LogP contribution in [0.15, 0.2) is 54.6 Å². The summed E-state index contributed by atoms with van der Waals surface area (Å²) in [5.74, 6) is 0.454. The van der Waals surface area contributed by atoms with E-state index in [-0.39, 0.29) is 0 Å². The normalized spacial score (nSPS) is 17.6. The van der Waals surface area contributed by atoms with Crippen molar-refractivity contribution in [3.8, 4) is 6.07 Å². The smallest absolute Gasteiger partial charge is 0.0851 e. The number of benzene rings is 2. The summed E-state index contributed by atoms with van der Waals surface area (Å²) >= 11 is 6.15. The molecule has 1 saturated carbocycles. The summed E-state index contributed by atoms with van der Waals surface area (Å²) in [5, 5.41) is 11.2. The fraction of sp³-hybridized carbons (Fsp3) is 0.519. The van der Waals surface area contributed by atoms with E-state index in [1.165, 1.54) is 18.4 Å². The van der Waals surface area contributed by atoms with Gasteiger partial charge in [0.15, 0.2) is 0 Å². The molecule has 0 heterocycles. The van der Waals surface area contributed by atoms with Crippen molar-refractivity contribution < 1.29 is 0 Å². The van der Waals surface area contributed by atoms with Crippen LogP contribution in [0.1, 0.15) is 63.5 Å². The molecule has 0 bridgehead atoms. The number of nitriles is 1. The molecule has 0 N–H and O–H groups in total. The average Bonchev–Trinajstić information content (AvgIpc) is 3.32. The van der Waals surface area contributed by atoms with Gasteiger partial charge in [0, 0.05) is 17.6 Å². The molecule has 0 aliphatic heterocycles. The van der Waals surface area contributed by atoms with Crippen molar-refractivity contribution in [1.82, 2.24) is 4.90 Å². The maximum absolute atomic E-state index is 10.4. The summed E-state index contributed by atoms with van der Waals surface area (Å²) in [4.78, 5) is 2.56. The van der Waals surface area contributed by atoms with Gasteiger partial charge in [-0.3, -0.25) is 0 Å². The first-order valence-corrected chi connectivity index (χ1v) is 11.9. The number of hydrogen-bond donors (Lipinski definition) is 0. The predicted octanol–water partition coefficient (Wildman–Crippen LogP) is 7.02. The van der Waals surface area contributed by atoms with E-state index in [2.05, 4.69) is 67.3 Å². The molecule has 160 valence electrons. The highest BCUT2D eigenvalue weighted by Gasteiger charge is 2.42. The average molecular weight is 423 g/mol. The molecule has 0 saturated heterocycles. The fourth-order valence-electron chi connectivity index (χ4n) is 5.19. The number of rotatable bonds is 10. The Balaban J connectivity index is 1.70. The molecule has 1 fully saturated rings. The van der Waals surface area contributed by atoms with E-state index in [1.807, 2.05) is 12.1 Å². The van der Waals surface area contributed by atoms with E-state index in [1.54, 1.807) is 0 Å². The lowest BCUT2D eigenvalue weighted by Crippen LogP contribution is -2.38. The molecule has 0 spiro atoms. The molecule has 30 heavy (non-hydrogen) atoms. The van der Waals surface area contributed by atoms with Gasteiger partial charge in [-0.25, -0.2) is 0 Å². The van der Waals surface area contributed by atoms with Crippen molar-refractivity contribution in [2.45, 2.75) is 70.3 Å². The second-order valence-electron chi connectivity index (χ2n) is 8.82. The van der Waals surface area contributed by atoms with Crippen molar-refractivity contribution in [2.24, 2.45) is 5.92 Å². The summed E-state index contributed by atoms with van der Waals surface area (Å²) < 4.78 is 0. The Kier molecular flexibility index (Phi) is 8.37. The van der Waals surface area contributed by atoms with E-state index in [0.717, 1.165) is 55.8 Å². The lowest BCUT2D eigenvalue weighted by Gasteiger charge is -2.36. The zero-order valence-electron chi connectivity index (χ0n) is 18.5. The molecular weight excluding hydrogens is 388 g/mol. The van der Waals surface area contributed by atoms with Gasteiger partial charge in [0.25, 0.3) is 0 Å². The zero-order valence-corrected chi connectivity index (χ0v) is 19.2. The minimum Gasteiger partial charge on any atom is -0.301 e. The Morgan fingerprint density at radius 1 is 1.10 bits per heavy atom. The minimum absolute atomic E-state index is 0.395. The lowest BCUT2D eigenvalue weighted by atomic mass is 9.67. The van der Waals surface area contributed by atoms with Gasteiger partial charge in [-0.1, -0.05) is 73.8 Å². The van der Waals surface area contributed by atoms with Crippen molar-refractivity contribution in [1.29, 1.82) is 5.26 Å². The van der Waals surface area contributed by atoms with Crippen molar-refractivity contribution >= 4 is 11.6 Å². The monoisotopic (exact) mass is 422 g/mol. The third-order valence-electron chi connectivity index (χ3n) is 7.13. The molecule has 2 unspecified atom stereocenters. The molecule has 3 heteroatoms.